The van der Waals surface area contributed by atoms with Gasteiger partial charge in [-0.2, -0.15) is 0 Å². The fourth-order valence-electron chi connectivity index (χ4n) is 9.48. The molecule has 75 heavy (non-hydrogen) atoms. The first-order valence-electron chi connectivity index (χ1n) is 28.4. The molecule has 3 aliphatic rings. The maximum Gasteiger partial charge on any atom is 0.220 e. The number of carbonyl (C=O) groups is 1. The molecule has 0 aromatic carbocycles. The van der Waals surface area contributed by atoms with Crippen LogP contribution in [-0.4, -0.2) is 193 Å². The lowest BCUT2D eigenvalue weighted by atomic mass is 9.96. The van der Waals surface area contributed by atoms with Crippen LogP contribution in [0.4, 0.5) is 0 Å². The van der Waals surface area contributed by atoms with Crippen LogP contribution < -0.4 is 5.32 Å². The van der Waals surface area contributed by atoms with Gasteiger partial charge in [0.1, 0.15) is 73.2 Å². The lowest BCUT2D eigenvalue weighted by Gasteiger charge is -2.48. The number of aliphatic hydroxyl groups is 11. The Labute approximate surface area is 446 Å². The fourth-order valence-corrected chi connectivity index (χ4v) is 9.48. The van der Waals surface area contributed by atoms with Crippen LogP contribution >= 0.6 is 0 Å². The van der Waals surface area contributed by atoms with Crippen LogP contribution in [0.3, 0.4) is 0 Å². The summed E-state index contributed by atoms with van der Waals surface area (Å²) < 4.78 is 34.1. The van der Waals surface area contributed by atoms with Crippen molar-refractivity contribution in [2.24, 2.45) is 0 Å². The van der Waals surface area contributed by atoms with Gasteiger partial charge in [-0.3, -0.25) is 4.79 Å². The second-order valence-electron chi connectivity index (χ2n) is 20.4. The summed E-state index contributed by atoms with van der Waals surface area (Å²) in [7, 11) is 0. The van der Waals surface area contributed by atoms with Gasteiger partial charge in [-0.15, -0.1) is 0 Å². The molecule has 3 aliphatic heterocycles. The monoisotopic (exact) mass is 1070 g/mol. The number of hydrogen-bond donors (Lipinski definition) is 12. The summed E-state index contributed by atoms with van der Waals surface area (Å²) in [4.78, 5) is 13.3. The number of nitrogens with one attached hydrogen (secondary N) is 1. The van der Waals surface area contributed by atoms with Crippen LogP contribution in [0.15, 0.2) is 48.6 Å². The second-order valence-corrected chi connectivity index (χ2v) is 20.4. The zero-order valence-electron chi connectivity index (χ0n) is 45.0. The molecule has 19 nitrogen and oxygen atoms in total. The summed E-state index contributed by atoms with van der Waals surface area (Å²) in [6.45, 7) is 1.59. The Morgan fingerprint density at radius 2 is 0.920 bits per heavy atom. The van der Waals surface area contributed by atoms with Crippen LogP contribution in [-0.2, 0) is 33.2 Å². The van der Waals surface area contributed by atoms with Gasteiger partial charge >= 0.3 is 0 Å². The molecular formula is C56H99NO18. The van der Waals surface area contributed by atoms with E-state index in [4.69, 9.17) is 28.4 Å². The first-order valence-corrected chi connectivity index (χ1v) is 28.4. The molecule has 0 aromatic rings. The molecule has 17 atom stereocenters. The summed E-state index contributed by atoms with van der Waals surface area (Å²) in [6, 6.07) is -0.887. The van der Waals surface area contributed by atoms with Gasteiger partial charge in [0.15, 0.2) is 18.9 Å². The van der Waals surface area contributed by atoms with E-state index in [-0.39, 0.29) is 18.9 Å². The van der Waals surface area contributed by atoms with Crippen molar-refractivity contribution in [1.29, 1.82) is 0 Å². The highest BCUT2D eigenvalue weighted by Crippen LogP contribution is 2.33. The second kappa shape index (κ2) is 40.0. The van der Waals surface area contributed by atoms with Crippen LogP contribution in [0.25, 0.3) is 0 Å². The fraction of sp³-hybridized carbons (Fsp3) is 0.839. The smallest absolute Gasteiger partial charge is 0.220 e. The Bertz CT molecular complexity index is 1570. The molecule has 0 spiro atoms. The van der Waals surface area contributed by atoms with Gasteiger partial charge in [0, 0.05) is 6.42 Å². The van der Waals surface area contributed by atoms with Crippen molar-refractivity contribution in [2.75, 3.05) is 26.4 Å². The normalized spacial score (nSPS) is 31.6. The molecule has 19 heteroatoms. The molecule has 3 saturated heterocycles. The minimum atomic E-state index is -1.97. The lowest BCUT2D eigenvalue weighted by molar-refractivity contribution is -0.379. The number of allylic oxidation sites excluding steroid dienone is 8. The van der Waals surface area contributed by atoms with Crippen LogP contribution in [0.5, 0.6) is 0 Å². The van der Waals surface area contributed by atoms with Gasteiger partial charge in [0.05, 0.1) is 38.6 Å². The molecule has 0 bridgehead atoms. The number of ether oxygens (including phenoxy) is 6. The highest BCUT2D eigenvalue weighted by Gasteiger charge is 2.53. The van der Waals surface area contributed by atoms with Crippen molar-refractivity contribution in [1.82, 2.24) is 5.32 Å². The molecule has 3 fully saturated rings. The molecular weight excluding hydrogens is 975 g/mol. The minimum absolute atomic E-state index is 0.255. The van der Waals surface area contributed by atoms with E-state index >= 15 is 0 Å². The summed E-state index contributed by atoms with van der Waals surface area (Å²) in [6.07, 6.45) is 15.3. The molecule has 1 amide bonds. The van der Waals surface area contributed by atoms with E-state index in [1.54, 1.807) is 0 Å². The minimum Gasteiger partial charge on any atom is -0.394 e. The van der Waals surface area contributed by atoms with E-state index < -0.39 is 124 Å². The topological polar surface area (TPSA) is 307 Å². The third-order valence-corrected chi connectivity index (χ3v) is 14.2. The Kier molecular flexibility index (Phi) is 35.8. The predicted octanol–water partition coefficient (Wildman–Crippen LogP) is 3.92. The molecule has 0 aliphatic carbocycles. The molecule has 3 heterocycles. The SMILES string of the molecule is CC/C=C\C/C=C\C/C=C\C/C=C\CCCCCCCCCCCCC(=O)NC(COC1OC(CO)C(OC2OC(CO)C(OC3OC(CO)C(O)C(O)C3O)C(O)C2O)C(O)C1O)C(O)CCCCCCCCC. The van der Waals surface area contributed by atoms with Crippen molar-refractivity contribution >= 4 is 5.91 Å². The third kappa shape index (κ3) is 24.8. The molecule has 12 N–H and O–H groups in total. The first kappa shape index (κ1) is 67.0. The highest BCUT2D eigenvalue weighted by molar-refractivity contribution is 5.76. The predicted molar refractivity (Wildman–Crippen MR) is 282 cm³/mol. The number of unbranched alkanes of at least 4 members (excludes halogenated alkanes) is 16. The molecule has 0 aromatic heterocycles. The van der Waals surface area contributed by atoms with E-state index in [0.29, 0.717) is 12.8 Å². The van der Waals surface area contributed by atoms with E-state index in [1.807, 2.05) is 0 Å². The zero-order valence-corrected chi connectivity index (χ0v) is 45.0. The zero-order chi connectivity index (χ0) is 54.8. The van der Waals surface area contributed by atoms with Gasteiger partial charge in [0.25, 0.3) is 0 Å². The maximum atomic E-state index is 13.3. The van der Waals surface area contributed by atoms with Gasteiger partial charge in [-0.1, -0.05) is 159 Å². The van der Waals surface area contributed by atoms with E-state index in [1.165, 1.54) is 38.5 Å². The Morgan fingerprint density at radius 3 is 1.44 bits per heavy atom. The van der Waals surface area contributed by atoms with Crippen molar-refractivity contribution < 1.29 is 89.4 Å². The van der Waals surface area contributed by atoms with Gasteiger partial charge in [-0.25, -0.2) is 0 Å². The number of aliphatic hydroxyl groups excluding tert-OH is 11. The average Bonchev–Trinajstić information content (AvgIpc) is 3.41. The molecule has 0 saturated carbocycles. The lowest BCUT2D eigenvalue weighted by Crippen LogP contribution is -2.66. The molecule has 3 rings (SSSR count). The van der Waals surface area contributed by atoms with Crippen LogP contribution in [0.2, 0.25) is 0 Å². The standard InChI is InChI=1S/C56H99NO18/c1-3-5-7-9-11-12-13-14-15-16-17-18-19-20-21-22-23-24-25-26-28-30-32-34-44(62)57-39(40(61)33-31-29-27-10-8-6-4-2)38-70-54-50(68)47(65)52(42(36-59)72-54)75-56-51(69)48(66)53(43(37-60)73-56)74-55-49(67)46(64)45(63)41(35-58)71-55/h5,7,11-12,14-15,17-18,39-43,45-56,58-61,63-69H,3-4,6,8-10,13,16,19-38H2,1-2H3,(H,57,62)/b7-5-,12-11-,15-14-,18-17-. The largest absolute Gasteiger partial charge is 0.394 e. The Balaban J connectivity index is 1.43. The summed E-state index contributed by atoms with van der Waals surface area (Å²) in [5.41, 5.74) is 0. The summed E-state index contributed by atoms with van der Waals surface area (Å²) in [5.74, 6) is -0.255. The number of amides is 1. The van der Waals surface area contributed by atoms with Crippen LogP contribution in [0.1, 0.15) is 168 Å². The maximum absolute atomic E-state index is 13.3. The van der Waals surface area contributed by atoms with Crippen molar-refractivity contribution in [3.05, 3.63) is 48.6 Å². The van der Waals surface area contributed by atoms with Gasteiger partial charge in [0.2, 0.25) is 5.91 Å². The van der Waals surface area contributed by atoms with Gasteiger partial charge in [-0.05, 0) is 51.4 Å². The van der Waals surface area contributed by atoms with E-state index in [9.17, 15) is 61.0 Å². The molecule has 17 unspecified atom stereocenters. The number of carbonyl (C=O) groups excluding carboxylic acids is 1. The van der Waals surface area contributed by atoms with Crippen molar-refractivity contribution in [3.8, 4) is 0 Å². The average molecular weight is 1070 g/mol. The quantitative estimate of drug-likeness (QED) is 0.0306. The highest BCUT2D eigenvalue weighted by atomic mass is 16.8. The number of hydrogen-bond acceptors (Lipinski definition) is 18. The van der Waals surface area contributed by atoms with E-state index in [0.717, 1.165) is 96.3 Å². The Morgan fingerprint density at radius 1 is 0.493 bits per heavy atom. The summed E-state index contributed by atoms with van der Waals surface area (Å²) >= 11 is 0. The Hall–Kier alpha value is -2.25. The van der Waals surface area contributed by atoms with Crippen molar-refractivity contribution in [3.63, 3.8) is 0 Å². The first-order chi connectivity index (χ1) is 36.3. The summed E-state index contributed by atoms with van der Waals surface area (Å²) in [5, 5.41) is 120. The third-order valence-electron chi connectivity index (χ3n) is 14.2. The van der Waals surface area contributed by atoms with E-state index in [2.05, 4.69) is 67.8 Å². The molecule has 436 valence electrons. The number of rotatable bonds is 40. The van der Waals surface area contributed by atoms with Crippen LogP contribution in [0, 0.1) is 0 Å². The molecule has 0 radical (unpaired) electrons. The van der Waals surface area contributed by atoms with Crippen molar-refractivity contribution in [2.45, 2.75) is 272 Å². The van der Waals surface area contributed by atoms with Gasteiger partial charge < -0.3 is 89.9 Å².